The Kier molecular flexibility index (Phi) is 10.4. The molecule has 0 aliphatic carbocycles. The highest BCUT2D eigenvalue weighted by molar-refractivity contribution is 5.96. The van der Waals surface area contributed by atoms with Crippen molar-refractivity contribution in [2.75, 3.05) is 0 Å². The van der Waals surface area contributed by atoms with E-state index >= 15 is 0 Å². The van der Waals surface area contributed by atoms with Gasteiger partial charge in [-0.05, 0) is 87.1 Å². The Bertz CT molecular complexity index is 1580. The smallest absolute Gasteiger partial charge is 0.252 e. The molecule has 2 aromatic carbocycles. The molecule has 0 aliphatic heterocycles. The number of H-pyrrole nitrogens is 2. The van der Waals surface area contributed by atoms with Crippen molar-refractivity contribution in [2.24, 2.45) is 5.73 Å². The van der Waals surface area contributed by atoms with Crippen molar-refractivity contribution in [3.63, 3.8) is 0 Å². The predicted molar refractivity (Wildman–Crippen MR) is 161 cm³/mol. The highest BCUT2D eigenvalue weighted by Crippen LogP contribution is 2.32. The molecule has 7 heteroatoms. The molecular weight excluding hydrogens is 502 g/mol. The summed E-state index contributed by atoms with van der Waals surface area (Å²) < 4.78 is 6.07. The molecule has 0 unspecified atom stereocenters. The minimum Gasteiger partial charge on any atom is -0.457 e. The fourth-order valence-corrected chi connectivity index (χ4v) is 4.60. The van der Waals surface area contributed by atoms with E-state index in [2.05, 4.69) is 23.8 Å². The van der Waals surface area contributed by atoms with Crippen LogP contribution in [0.5, 0.6) is 11.5 Å². The third kappa shape index (κ3) is 7.90. The largest absolute Gasteiger partial charge is 0.457 e. The molecule has 210 valence electrons. The molecule has 0 saturated carbocycles. The fourth-order valence-electron chi connectivity index (χ4n) is 4.60. The quantitative estimate of drug-likeness (QED) is 0.231. The van der Waals surface area contributed by atoms with Gasteiger partial charge in [-0.25, -0.2) is 0 Å². The number of benzene rings is 2. The number of hydrogen-bond acceptors (Lipinski definition) is 5. The van der Waals surface area contributed by atoms with Gasteiger partial charge in [-0.3, -0.25) is 14.4 Å². The van der Waals surface area contributed by atoms with Crippen LogP contribution in [0.15, 0.2) is 70.3 Å². The minimum absolute atomic E-state index is 0.00223. The van der Waals surface area contributed by atoms with E-state index in [9.17, 15) is 14.4 Å². The lowest BCUT2D eigenvalue weighted by Gasteiger charge is -2.15. The SMILES string of the molecule is Cc1cc(C)c(CCC(=O)c2ccc(C(C)C)c(Oc3ccccc3)c2)c(=O)[nH]1.Cc1cc(C)c(CN)c(=O)[nH]1. The van der Waals surface area contributed by atoms with Gasteiger partial charge < -0.3 is 20.4 Å². The van der Waals surface area contributed by atoms with E-state index in [1.807, 2.05) is 88.4 Å². The van der Waals surface area contributed by atoms with E-state index in [1.54, 1.807) is 0 Å². The molecule has 2 aromatic heterocycles. The fraction of sp³-hybridized carbons (Fsp3) is 0.303. The number of nitrogens with two attached hydrogens (primary N) is 1. The number of rotatable bonds is 8. The molecule has 0 bridgehead atoms. The molecule has 0 spiro atoms. The maximum absolute atomic E-state index is 12.8. The number of carbonyl (C=O) groups is 1. The zero-order chi connectivity index (χ0) is 29.4. The number of Topliss-reactive ketones (excluding diaryl/α,β-unsaturated/α-hetero) is 1. The van der Waals surface area contributed by atoms with Crippen LogP contribution in [0.25, 0.3) is 0 Å². The van der Waals surface area contributed by atoms with E-state index in [1.165, 1.54) is 0 Å². The van der Waals surface area contributed by atoms with E-state index < -0.39 is 0 Å². The molecule has 0 saturated heterocycles. The molecule has 0 atom stereocenters. The second kappa shape index (κ2) is 13.7. The lowest BCUT2D eigenvalue weighted by molar-refractivity contribution is 0.0982. The number of pyridine rings is 2. The van der Waals surface area contributed by atoms with Crippen molar-refractivity contribution >= 4 is 5.78 Å². The number of carbonyl (C=O) groups excluding carboxylic acids is 1. The van der Waals surface area contributed by atoms with Crippen molar-refractivity contribution in [2.45, 2.75) is 66.8 Å². The monoisotopic (exact) mass is 541 g/mol. The predicted octanol–water partition coefficient (Wildman–Crippen LogP) is 6.17. The van der Waals surface area contributed by atoms with E-state index in [-0.39, 0.29) is 29.2 Å². The summed E-state index contributed by atoms with van der Waals surface area (Å²) in [4.78, 5) is 41.7. The normalized spacial score (nSPS) is 10.7. The van der Waals surface area contributed by atoms with Gasteiger partial charge in [-0.1, -0.05) is 44.2 Å². The summed E-state index contributed by atoms with van der Waals surface area (Å²) in [6, 6.07) is 19.0. The van der Waals surface area contributed by atoms with Crippen LogP contribution in [0.3, 0.4) is 0 Å². The molecule has 0 aliphatic rings. The highest BCUT2D eigenvalue weighted by atomic mass is 16.5. The second-order valence-corrected chi connectivity index (χ2v) is 10.3. The zero-order valence-electron chi connectivity index (χ0n) is 24.2. The number of hydrogen-bond donors (Lipinski definition) is 3. The summed E-state index contributed by atoms with van der Waals surface area (Å²) in [6.07, 6.45) is 0.694. The van der Waals surface area contributed by atoms with Crippen LogP contribution < -0.4 is 21.6 Å². The first kappa shape index (κ1) is 30.3. The molecule has 40 heavy (non-hydrogen) atoms. The van der Waals surface area contributed by atoms with Gasteiger partial charge in [0.25, 0.3) is 11.1 Å². The van der Waals surface area contributed by atoms with Crippen molar-refractivity contribution in [3.8, 4) is 11.5 Å². The van der Waals surface area contributed by atoms with Gasteiger partial charge >= 0.3 is 0 Å². The number of aromatic nitrogens is 2. The van der Waals surface area contributed by atoms with Crippen LogP contribution in [-0.2, 0) is 13.0 Å². The van der Waals surface area contributed by atoms with Gasteiger partial charge in [0.2, 0.25) is 0 Å². The summed E-state index contributed by atoms with van der Waals surface area (Å²) in [6.45, 7) is 12.0. The van der Waals surface area contributed by atoms with Gasteiger partial charge in [-0.2, -0.15) is 0 Å². The van der Waals surface area contributed by atoms with Gasteiger partial charge in [0, 0.05) is 41.0 Å². The van der Waals surface area contributed by atoms with Crippen LogP contribution in [0, 0.1) is 27.7 Å². The number of ketones is 1. The molecule has 0 radical (unpaired) electrons. The standard InChI is InChI=1S/C25H27NO3.C8H12N2O/c1-16(2)21-11-10-19(15-24(21)29-20-8-6-5-7-9-20)23(27)13-12-22-17(3)14-18(4)26-25(22)28;1-5-3-6(2)10-8(11)7(5)4-9/h5-11,14-16H,12-13H2,1-4H3,(H,26,28);3H,4,9H2,1-2H3,(H,10,11). The van der Waals surface area contributed by atoms with Crippen LogP contribution in [0.4, 0.5) is 0 Å². The van der Waals surface area contributed by atoms with Crippen LogP contribution in [-0.4, -0.2) is 15.8 Å². The maximum atomic E-state index is 12.8. The van der Waals surface area contributed by atoms with Gasteiger partial charge in [0.1, 0.15) is 11.5 Å². The van der Waals surface area contributed by atoms with Crippen molar-refractivity contribution in [1.29, 1.82) is 0 Å². The molecule has 0 fully saturated rings. The topological polar surface area (TPSA) is 118 Å². The maximum Gasteiger partial charge on any atom is 0.252 e. The second-order valence-electron chi connectivity index (χ2n) is 10.3. The van der Waals surface area contributed by atoms with Crippen LogP contribution in [0.2, 0.25) is 0 Å². The van der Waals surface area contributed by atoms with Crippen LogP contribution in [0.1, 0.15) is 75.7 Å². The molecule has 2 heterocycles. The lowest BCUT2D eigenvalue weighted by Crippen LogP contribution is -2.18. The van der Waals surface area contributed by atoms with Gasteiger partial charge in [0.05, 0.1) is 0 Å². The van der Waals surface area contributed by atoms with Crippen LogP contribution >= 0.6 is 0 Å². The Balaban J connectivity index is 0.000000336. The van der Waals surface area contributed by atoms with E-state index in [4.69, 9.17) is 10.5 Å². The molecule has 4 aromatic rings. The summed E-state index contributed by atoms with van der Waals surface area (Å²) in [5, 5.41) is 0. The summed E-state index contributed by atoms with van der Waals surface area (Å²) in [5.74, 6) is 1.70. The van der Waals surface area contributed by atoms with Gasteiger partial charge in [-0.15, -0.1) is 0 Å². The third-order valence-electron chi connectivity index (χ3n) is 6.72. The molecule has 4 rings (SSSR count). The Morgan fingerprint density at radius 1 is 0.825 bits per heavy atom. The Morgan fingerprint density at radius 2 is 1.40 bits per heavy atom. The van der Waals surface area contributed by atoms with Crippen molar-refractivity contribution in [3.05, 3.63) is 126 Å². The average Bonchev–Trinajstić information content (AvgIpc) is 2.88. The summed E-state index contributed by atoms with van der Waals surface area (Å²) in [5.41, 5.74) is 11.8. The average molecular weight is 542 g/mol. The highest BCUT2D eigenvalue weighted by Gasteiger charge is 2.15. The van der Waals surface area contributed by atoms with E-state index in [0.29, 0.717) is 35.4 Å². The first-order chi connectivity index (χ1) is 19.0. The van der Waals surface area contributed by atoms with Crippen molar-refractivity contribution in [1.82, 2.24) is 9.97 Å². The Labute approximate surface area is 235 Å². The minimum atomic E-state index is -0.112. The Morgan fingerprint density at radius 3 is 1.93 bits per heavy atom. The first-order valence-corrected chi connectivity index (χ1v) is 13.5. The molecular formula is C33H39N3O4. The summed E-state index contributed by atoms with van der Waals surface area (Å²) in [7, 11) is 0. The lowest BCUT2D eigenvalue weighted by atomic mass is 9.96. The zero-order valence-corrected chi connectivity index (χ0v) is 24.2. The van der Waals surface area contributed by atoms with Crippen molar-refractivity contribution < 1.29 is 9.53 Å². The number of aryl methyl sites for hydroxylation is 4. The number of para-hydroxylation sites is 1. The number of ether oxygens (including phenoxy) is 1. The molecule has 7 nitrogen and oxygen atoms in total. The Hall–Kier alpha value is -4.23. The molecule has 0 amide bonds. The summed E-state index contributed by atoms with van der Waals surface area (Å²) >= 11 is 0. The first-order valence-electron chi connectivity index (χ1n) is 13.5. The molecule has 4 N–H and O–H groups in total. The van der Waals surface area contributed by atoms with Gasteiger partial charge in [0.15, 0.2) is 5.78 Å². The third-order valence-corrected chi connectivity index (χ3v) is 6.72. The number of nitrogens with one attached hydrogen (secondary N) is 2. The number of aromatic amines is 2. The van der Waals surface area contributed by atoms with E-state index in [0.717, 1.165) is 33.8 Å².